The first kappa shape index (κ1) is 25.8. The van der Waals surface area contributed by atoms with Crippen LogP contribution in [0.3, 0.4) is 0 Å². The molecule has 1 saturated heterocycles. The van der Waals surface area contributed by atoms with E-state index in [-0.39, 0.29) is 29.9 Å². The molecule has 4 rings (SSSR count). The van der Waals surface area contributed by atoms with E-state index < -0.39 is 5.82 Å². The second-order valence-corrected chi connectivity index (χ2v) is 10.0. The number of fused-ring (bicyclic) bond motifs is 1. The summed E-state index contributed by atoms with van der Waals surface area (Å²) in [6.45, 7) is 9.47. The zero-order valence-electron chi connectivity index (χ0n) is 21.3. The number of benzene rings is 2. The summed E-state index contributed by atoms with van der Waals surface area (Å²) < 4.78 is 21.3. The minimum Gasteiger partial charge on any atom is -0.493 e. The predicted molar refractivity (Wildman–Crippen MR) is 140 cm³/mol. The molecule has 0 unspecified atom stereocenters. The van der Waals surface area contributed by atoms with Crippen molar-refractivity contribution in [2.24, 2.45) is 5.92 Å². The van der Waals surface area contributed by atoms with E-state index in [9.17, 15) is 14.0 Å². The first-order chi connectivity index (χ1) is 17.3. The lowest BCUT2D eigenvalue weighted by molar-refractivity contribution is -0.122. The number of nitrogens with one attached hydrogen (secondary N) is 1. The molecule has 1 aliphatic rings. The van der Waals surface area contributed by atoms with Gasteiger partial charge in [0.1, 0.15) is 23.9 Å². The minimum absolute atomic E-state index is 0.0776. The monoisotopic (exact) mass is 494 g/mol. The molecule has 8 heteroatoms. The molecule has 0 spiro atoms. The Balaban J connectivity index is 1.62. The van der Waals surface area contributed by atoms with Crippen molar-refractivity contribution < 1.29 is 13.9 Å². The van der Waals surface area contributed by atoms with Crippen LogP contribution < -0.4 is 15.6 Å². The fraction of sp³-hybridized carbons (Fsp3) is 0.464. The molecule has 0 bridgehead atoms. The second-order valence-electron chi connectivity index (χ2n) is 10.0. The van der Waals surface area contributed by atoms with E-state index in [1.165, 1.54) is 36.0 Å². The number of hydrogen-bond acceptors (Lipinski definition) is 5. The number of halogens is 1. The maximum absolute atomic E-state index is 14.0. The average Bonchev–Trinajstić information content (AvgIpc) is 2.84. The number of carbonyl (C=O) groups excluding carboxylic acids is 1. The van der Waals surface area contributed by atoms with Crippen molar-refractivity contribution in [2.45, 2.75) is 52.6 Å². The zero-order chi connectivity index (χ0) is 25.7. The lowest BCUT2D eigenvalue weighted by atomic mass is 10.1. The van der Waals surface area contributed by atoms with E-state index in [0.29, 0.717) is 34.7 Å². The van der Waals surface area contributed by atoms with Crippen LogP contribution in [0.1, 0.15) is 40.0 Å². The van der Waals surface area contributed by atoms with Crippen LogP contribution >= 0.6 is 0 Å². The standard InChI is InChI=1S/C28H35FN4O3/c1-19(2)30-26(34)17-33-27(21-8-7-9-22(29)14-21)31-25-11-10-23(15-24(25)28(33)35)36-18-20(3)16-32-12-5-4-6-13-32/h7-11,14-15,19-20H,4-6,12-13,16-18H2,1-3H3,(H,30,34)/t20-/m0/s1. The fourth-order valence-electron chi connectivity index (χ4n) is 4.67. The number of piperidine rings is 1. The van der Waals surface area contributed by atoms with E-state index >= 15 is 0 Å². The van der Waals surface area contributed by atoms with Crippen molar-refractivity contribution in [1.82, 2.24) is 19.8 Å². The van der Waals surface area contributed by atoms with Gasteiger partial charge in [0.05, 0.1) is 17.5 Å². The van der Waals surface area contributed by atoms with Gasteiger partial charge in [-0.15, -0.1) is 0 Å². The highest BCUT2D eigenvalue weighted by atomic mass is 19.1. The van der Waals surface area contributed by atoms with Gasteiger partial charge in [-0.2, -0.15) is 0 Å². The SMILES string of the molecule is CC(C)NC(=O)Cn1c(-c2cccc(F)c2)nc2ccc(OC[C@@H](C)CN3CCCCC3)cc2c1=O. The third kappa shape index (κ3) is 6.49. The van der Waals surface area contributed by atoms with Gasteiger partial charge in [0, 0.05) is 24.1 Å². The Morgan fingerprint density at radius 2 is 1.89 bits per heavy atom. The van der Waals surface area contributed by atoms with Gasteiger partial charge in [0.15, 0.2) is 0 Å². The lowest BCUT2D eigenvalue weighted by Gasteiger charge is -2.29. The van der Waals surface area contributed by atoms with Crippen molar-refractivity contribution >= 4 is 16.8 Å². The molecular formula is C28H35FN4O3. The van der Waals surface area contributed by atoms with E-state index in [2.05, 4.69) is 22.1 Å². The Bertz CT molecular complexity index is 1270. The molecule has 1 amide bonds. The van der Waals surface area contributed by atoms with Crippen LogP contribution in [-0.2, 0) is 11.3 Å². The summed E-state index contributed by atoms with van der Waals surface area (Å²) in [4.78, 5) is 33.3. The van der Waals surface area contributed by atoms with Crippen molar-refractivity contribution in [2.75, 3.05) is 26.2 Å². The van der Waals surface area contributed by atoms with Gasteiger partial charge in [0.25, 0.3) is 5.56 Å². The number of rotatable bonds is 9. The molecule has 1 aliphatic heterocycles. The predicted octanol–water partition coefficient (Wildman–Crippen LogP) is 4.23. The lowest BCUT2D eigenvalue weighted by Crippen LogP contribution is -2.37. The maximum atomic E-state index is 14.0. The summed E-state index contributed by atoms with van der Waals surface area (Å²) in [5, 5.41) is 3.16. The molecule has 1 fully saturated rings. The fourth-order valence-corrected chi connectivity index (χ4v) is 4.67. The summed E-state index contributed by atoms with van der Waals surface area (Å²) >= 11 is 0. The number of likely N-dealkylation sites (tertiary alicyclic amines) is 1. The van der Waals surface area contributed by atoms with E-state index in [0.717, 1.165) is 19.6 Å². The number of carbonyl (C=O) groups is 1. The van der Waals surface area contributed by atoms with Crippen molar-refractivity contribution in [3.05, 3.63) is 58.6 Å². The maximum Gasteiger partial charge on any atom is 0.262 e. The average molecular weight is 495 g/mol. The molecule has 0 saturated carbocycles. The highest BCUT2D eigenvalue weighted by molar-refractivity contribution is 5.83. The minimum atomic E-state index is -0.442. The van der Waals surface area contributed by atoms with E-state index in [1.807, 2.05) is 13.8 Å². The first-order valence-electron chi connectivity index (χ1n) is 12.7. The highest BCUT2D eigenvalue weighted by Gasteiger charge is 2.18. The van der Waals surface area contributed by atoms with Gasteiger partial charge in [-0.1, -0.05) is 25.5 Å². The van der Waals surface area contributed by atoms with E-state index in [1.54, 1.807) is 30.3 Å². The Hall–Kier alpha value is -3.26. The highest BCUT2D eigenvalue weighted by Crippen LogP contribution is 2.23. The molecule has 7 nitrogen and oxygen atoms in total. The van der Waals surface area contributed by atoms with Crippen LogP contribution in [0.25, 0.3) is 22.3 Å². The van der Waals surface area contributed by atoms with Gasteiger partial charge in [0.2, 0.25) is 5.91 Å². The Kier molecular flexibility index (Phi) is 8.36. The van der Waals surface area contributed by atoms with Crippen molar-refractivity contribution in [1.29, 1.82) is 0 Å². The Morgan fingerprint density at radius 3 is 2.61 bits per heavy atom. The first-order valence-corrected chi connectivity index (χ1v) is 12.7. The number of ether oxygens (including phenoxy) is 1. The molecule has 1 N–H and O–H groups in total. The summed E-state index contributed by atoms with van der Waals surface area (Å²) in [5.74, 6) is 0.425. The molecule has 192 valence electrons. The van der Waals surface area contributed by atoms with Crippen LogP contribution in [-0.4, -0.2) is 52.6 Å². The van der Waals surface area contributed by atoms with Crippen LogP contribution in [0.15, 0.2) is 47.3 Å². The van der Waals surface area contributed by atoms with E-state index in [4.69, 9.17) is 4.74 Å². The van der Waals surface area contributed by atoms with Crippen LogP contribution in [0.2, 0.25) is 0 Å². The second kappa shape index (κ2) is 11.6. The largest absolute Gasteiger partial charge is 0.493 e. The molecule has 3 aromatic rings. The van der Waals surface area contributed by atoms with Gasteiger partial charge in [-0.25, -0.2) is 9.37 Å². The molecule has 1 aromatic heterocycles. The number of amides is 1. The molecule has 36 heavy (non-hydrogen) atoms. The number of nitrogens with zero attached hydrogens (tertiary/aromatic N) is 3. The summed E-state index contributed by atoms with van der Waals surface area (Å²) in [7, 11) is 0. The quantitative estimate of drug-likeness (QED) is 0.482. The number of aromatic nitrogens is 2. The Labute approximate surface area is 211 Å². The van der Waals surface area contributed by atoms with Gasteiger partial charge < -0.3 is 15.0 Å². The zero-order valence-corrected chi connectivity index (χ0v) is 21.3. The molecular weight excluding hydrogens is 459 g/mol. The third-order valence-corrected chi connectivity index (χ3v) is 6.31. The van der Waals surface area contributed by atoms with Crippen LogP contribution in [0.5, 0.6) is 5.75 Å². The van der Waals surface area contributed by atoms with Crippen LogP contribution in [0, 0.1) is 11.7 Å². The Morgan fingerprint density at radius 1 is 1.11 bits per heavy atom. The summed E-state index contributed by atoms with van der Waals surface area (Å²) in [6.07, 6.45) is 3.82. The molecule has 2 aromatic carbocycles. The van der Waals surface area contributed by atoms with Crippen molar-refractivity contribution in [3.63, 3.8) is 0 Å². The summed E-state index contributed by atoms with van der Waals surface area (Å²) in [6, 6.07) is 11.0. The molecule has 0 aliphatic carbocycles. The molecule has 1 atom stereocenters. The summed E-state index contributed by atoms with van der Waals surface area (Å²) in [5.41, 5.74) is 0.525. The molecule has 0 radical (unpaired) electrons. The molecule has 2 heterocycles. The number of hydrogen-bond donors (Lipinski definition) is 1. The van der Waals surface area contributed by atoms with Gasteiger partial charge >= 0.3 is 0 Å². The van der Waals surface area contributed by atoms with Gasteiger partial charge in [-0.3, -0.25) is 14.2 Å². The third-order valence-electron chi connectivity index (χ3n) is 6.31. The van der Waals surface area contributed by atoms with Crippen molar-refractivity contribution in [3.8, 4) is 17.1 Å². The van der Waals surface area contributed by atoms with Crippen LogP contribution in [0.4, 0.5) is 4.39 Å². The topological polar surface area (TPSA) is 76.5 Å². The van der Waals surface area contributed by atoms with Gasteiger partial charge in [-0.05, 0) is 70.1 Å². The normalized spacial score (nSPS) is 15.2. The smallest absolute Gasteiger partial charge is 0.262 e.